The molecule has 0 radical (unpaired) electrons. The molecule has 238 valence electrons. The van der Waals surface area contributed by atoms with Crippen LogP contribution in [0.3, 0.4) is 0 Å². The Morgan fingerprint density at radius 2 is 1.10 bits per heavy atom. The largest absolute Gasteiger partial charge is 0.309 e. The van der Waals surface area contributed by atoms with Gasteiger partial charge in [-0.1, -0.05) is 112 Å². The Labute approximate surface area is 283 Å². The molecule has 2 heterocycles. The fourth-order valence-corrected chi connectivity index (χ4v) is 6.43. The monoisotopic (exact) mass is 642 g/mol. The summed E-state index contributed by atoms with van der Waals surface area (Å²) < 4.78 is 31.5. The molecule has 2 aromatic heterocycles. The fourth-order valence-electron chi connectivity index (χ4n) is 6.43. The highest BCUT2D eigenvalue weighted by molar-refractivity contribution is 6.10. The zero-order chi connectivity index (χ0) is 33.7. The number of hydrogen-bond donors (Lipinski definition) is 0. The van der Waals surface area contributed by atoms with E-state index < -0.39 is 11.6 Å². The Hall–Kier alpha value is -6.01. The maximum absolute atomic E-state index is 15.3. The van der Waals surface area contributed by atoms with E-state index in [1.54, 1.807) is 0 Å². The first-order chi connectivity index (χ1) is 23.7. The quantitative estimate of drug-likeness (QED) is 0.188. The summed E-state index contributed by atoms with van der Waals surface area (Å²) in [4.78, 5) is 15.0. The molecule has 0 saturated heterocycles. The molecular weight excluding hydrogens is 610 g/mol. The highest BCUT2D eigenvalue weighted by atomic mass is 19.1. The number of halogens is 2. The summed E-state index contributed by atoms with van der Waals surface area (Å²) in [5.74, 6) is 0.201. The number of nitrogens with zero attached hydrogens (tertiary/aromatic N) is 4. The molecule has 6 heteroatoms. The third-order valence-electron chi connectivity index (χ3n) is 8.96. The lowest BCUT2D eigenvalue weighted by molar-refractivity contribution is 0.585. The van der Waals surface area contributed by atoms with E-state index in [4.69, 9.17) is 15.0 Å². The normalized spacial score (nSPS) is 11.8. The zero-order valence-electron chi connectivity index (χ0n) is 27.3. The highest BCUT2D eigenvalue weighted by Crippen LogP contribution is 2.40. The second kappa shape index (κ2) is 11.9. The topological polar surface area (TPSA) is 43.6 Å². The summed E-state index contributed by atoms with van der Waals surface area (Å²) in [7, 11) is 0. The molecule has 0 spiro atoms. The summed E-state index contributed by atoms with van der Waals surface area (Å²) >= 11 is 0. The van der Waals surface area contributed by atoms with Crippen LogP contribution in [-0.4, -0.2) is 19.5 Å². The van der Waals surface area contributed by atoms with Gasteiger partial charge in [0.1, 0.15) is 11.6 Å². The molecule has 0 bridgehead atoms. The van der Waals surface area contributed by atoms with Crippen molar-refractivity contribution in [2.45, 2.75) is 26.2 Å². The van der Waals surface area contributed by atoms with E-state index in [2.05, 4.69) is 61.7 Å². The lowest BCUT2D eigenvalue weighted by Gasteiger charge is -2.19. The van der Waals surface area contributed by atoms with Gasteiger partial charge in [0.25, 0.3) is 0 Å². The molecule has 0 atom stereocenters. The van der Waals surface area contributed by atoms with E-state index in [1.165, 1.54) is 17.7 Å². The van der Waals surface area contributed by atoms with Crippen LogP contribution < -0.4 is 0 Å². The van der Waals surface area contributed by atoms with Crippen LogP contribution in [0, 0.1) is 11.6 Å². The van der Waals surface area contributed by atoms with Crippen LogP contribution in [0.15, 0.2) is 140 Å². The number of fused-ring (bicyclic) bond motifs is 3. The predicted octanol–water partition coefficient (Wildman–Crippen LogP) is 11.2. The van der Waals surface area contributed by atoms with Gasteiger partial charge in [0.2, 0.25) is 0 Å². The van der Waals surface area contributed by atoms with Crippen LogP contribution >= 0.6 is 0 Å². The van der Waals surface area contributed by atoms with Crippen LogP contribution in [0.2, 0.25) is 0 Å². The number of aromatic nitrogens is 4. The summed E-state index contributed by atoms with van der Waals surface area (Å²) in [5, 5.41) is 2.25. The third-order valence-corrected chi connectivity index (χ3v) is 8.96. The molecule has 49 heavy (non-hydrogen) atoms. The van der Waals surface area contributed by atoms with Crippen molar-refractivity contribution in [2.75, 3.05) is 0 Å². The molecule has 8 rings (SSSR count). The van der Waals surface area contributed by atoms with Crippen molar-refractivity contribution in [3.05, 3.63) is 157 Å². The van der Waals surface area contributed by atoms with Gasteiger partial charge in [-0.2, -0.15) is 0 Å². The predicted molar refractivity (Wildman–Crippen MR) is 195 cm³/mol. The summed E-state index contributed by atoms with van der Waals surface area (Å²) in [6.45, 7) is 6.65. The van der Waals surface area contributed by atoms with Crippen molar-refractivity contribution in [1.29, 1.82) is 0 Å². The highest BCUT2D eigenvalue weighted by Gasteiger charge is 2.22. The minimum absolute atomic E-state index is 0.0318. The van der Waals surface area contributed by atoms with Gasteiger partial charge in [-0.15, -0.1) is 0 Å². The third kappa shape index (κ3) is 5.55. The molecule has 0 aliphatic rings. The fraction of sp³-hybridized carbons (Fsp3) is 0.0930. The van der Waals surface area contributed by atoms with Gasteiger partial charge in [-0.25, -0.2) is 23.7 Å². The minimum Gasteiger partial charge on any atom is -0.309 e. The summed E-state index contributed by atoms with van der Waals surface area (Å²) in [5.41, 5.74) is 7.31. The first-order valence-electron chi connectivity index (χ1n) is 16.3. The maximum Gasteiger partial charge on any atom is 0.166 e. The number of rotatable bonds is 5. The minimum atomic E-state index is -0.643. The second-order valence-corrected chi connectivity index (χ2v) is 13.2. The Balaban J connectivity index is 1.46. The second-order valence-electron chi connectivity index (χ2n) is 13.2. The zero-order valence-corrected chi connectivity index (χ0v) is 27.3. The smallest absolute Gasteiger partial charge is 0.166 e. The van der Waals surface area contributed by atoms with Gasteiger partial charge in [0.05, 0.1) is 16.7 Å². The molecule has 0 aliphatic heterocycles. The van der Waals surface area contributed by atoms with Crippen LogP contribution in [0.5, 0.6) is 0 Å². The average Bonchev–Trinajstić information content (AvgIpc) is 3.45. The van der Waals surface area contributed by atoms with Crippen LogP contribution in [0.1, 0.15) is 26.3 Å². The van der Waals surface area contributed by atoms with Crippen molar-refractivity contribution in [3.63, 3.8) is 0 Å². The first-order valence-corrected chi connectivity index (χ1v) is 16.3. The Morgan fingerprint density at radius 1 is 0.490 bits per heavy atom. The van der Waals surface area contributed by atoms with Crippen molar-refractivity contribution in [1.82, 2.24) is 19.5 Å². The van der Waals surface area contributed by atoms with E-state index in [0.29, 0.717) is 28.6 Å². The standard InChI is InChI=1S/C43H32F2N4/c1-43(2,3)30-19-23-38-34(25-30)33-16-10-11-17-37(33)49(38)39-22-18-29(32-21-20-31(44)26-36(32)45)24-35(39)42-47-40(27-12-6-4-7-13-27)46-41(48-42)28-14-8-5-9-15-28/h4-26H,1-3H3. The lowest BCUT2D eigenvalue weighted by Crippen LogP contribution is -2.10. The van der Waals surface area contributed by atoms with Crippen LogP contribution in [0.4, 0.5) is 8.78 Å². The van der Waals surface area contributed by atoms with E-state index in [1.807, 2.05) is 84.9 Å². The maximum atomic E-state index is 15.3. The molecule has 4 nitrogen and oxygen atoms in total. The first kappa shape index (κ1) is 30.3. The molecule has 0 unspecified atom stereocenters. The average molecular weight is 643 g/mol. The SMILES string of the molecule is CC(C)(C)c1ccc2c(c1)c1ccccc1n2-c1ccc(-c2ccc(F)cc2F)cc1-c1nc(-c2ccccc2)nc(-c2ccccc2)n1. The molecule has 0 aliphatic carbocycles. The molecule has 0 saturated carbocycles. The molecule has 0 amide bonds. The van der Waals surface area contributed by atoms with Gasteiger partial charge < -0.3 is 4.57 Å². The molecule has 0 N–H and O–H groups in total. The Bertz CT molecular complexity index is 2440. The Kier molecular flexibility index (Phi) is 7.37. The van der Waals surface area contributed by atoms with Crippen LogP contribution in [0.25, 0.3) is 72.8 Å². The van der Waals surface area contributed by atoms with Crippen molar-refractivity contribution in [2.24, 2.45) is 0 Å². The van der Waals surface area contributed by atoms with Crippen molar-refractivity contribution < 1.29 is 8.78 Å². The number of benzene rings is 6. The van der Waals surface area contributed by atoms with Gasteiger partial charge in [0.15, 0.2) is 17.5 Å². The van der Waals surface area contributed by atoms with Gasteiger partial charge in [0, 0.05) is 39.1 Å². The number of para-hydroxylation sites is 1. The van der Waals surface area contributed by atoms with Gasteiger partial charge in [-0.05, 0) is 59.0 Å². The van der Waals surface area contributed by atoms with Crippen molar-refractivity contribution in [3.8, 4) is 51.0 Å². The van der Waals surface area contributed by atoms with E-state index in [9.17, 15) is 4.39 Å². The van der Waals surface area contributed by atoms with E-state index in [0.717, 1.165) is 44.7 Å². The lowest BCUT2D eigenvalue weighted by atomic mass is 9.86. The van der Waals surface area contributed by atoms with Crippen molar-refractivity contribution >= 4 is 21.8 Å². The molecular formula is C43H32F2N4. The van der Waals surface area contributed by atoms with Gasteiger partial charge >= 0.3 is 0 Å². The Morgan fingerprint density at radius 3 is 1.76 bits per heavy atom. The van der Waals surface area contributed by atoms with Gasteiger partial charge in [-0.3, -0.25) is 0 Å². The molecule has 8 aromatic rings. The molecule has 6 aromatic carbocycles. The molecule has 0 fully saturated rings. The van der Waals surface area contributed by atoms with Crippen LogP contribution in [-0.2, 0) is 5.41 Å². The summed E-state index contributed by atoms with van der Waals surface area (Å²) in [6, 6.07) is 44.0. The number of hydrogen-bond acceptors (Lipinski definition) is 3. The van der Waals surface area contributed by atoms with E-state index in [-0.39, 0.29) is 11.0 Å². The summed E-state index contributed by atoms with van der Waals surface area (Å²) in [6.07, 6.45) is 0. The van der Waals surface area contributed by atoms with E-state index >= 15 is 4.39 Å².